The zero-order valence-electron chi connectivity index (χ0n) is 44.6. The van der Waals surface area contributed by atoms with Crippen LogP contribution >= 0.6 is 0 Å². The van der Waals surface area contributed by atoms with Crippen LogP contribution in [0.15, 0.2) is 0 Å². The van der Waals surface area contributed by atoms with Gasteiger partial charge in [0.2, 0.25) is 41.4 Å². The van der Waals surface area contributed by atoms with E-state index < -0.39 is 133 Å². The van der Waals surface area contributed by atoms with E-state index in [0.29, 0.717) is 12.3 Å². The molecule has 1 aliphatic heterocycles. The van der Waals surface area contributed by atoms with Crippen molar-refractivity contribution in [3.63, 3.8) is 0 Å². The van der Waals surface area contributed by atoms with Gasteiger partial charge in [0.1, 0.15) is 48.4 Å². The van der Waals surface area contributed by atoms with E-state index in [1.54, 1.807) is 55.4 Å². The topological polar surface area (TPSA) is 305 Å². The fourth-order valence-corrected chi connectivity index (χ4v) is 8.19. The first-order chi connectivity index (χ1) is 33.1. The Bertz CT molecular complexity index is 1770. The van der Waals surface area contributed by atoms with E-state index in [9.17, 15) is 58.2 Å². The summed E-state index contributed by atoms with van der Waals surface area (Å²) in [5.41, 5.74) is 0. The molecule has 1 aliphatic rings. The third-order valence-electron chi connectivity index (χ3n) is 12.3. The lowest BCUT2D eigenvalue weighted by molar-refractivity contribution is -0.155. The summed E-state index contributed by atoms with van der Waals surface area (Å²) in [5, 5.41) is 37.8. The molecule has 0 aromatic carbocycles. The molecule has 0 aromatic heterocycles. The van der Waals surface area contributed by atoms with E-state index in [4.69, 9.17) is 4.74 Å². The molecule has 1 rings (SSSR count). The minimum atomic E-state index is -1.72. The molecule has 20 nitrogen and oxygen atoms in total. The summed E-state index contributed by atoms with van der Waals surface area (Å²) in [6, 6.07) is -9.64. The zero-order chi connectivity index (χ0) is 54.1. The second-order valence-corrected chi connectivity index (χ2v) is 21.5. The highest BCUT2D eigenvalue weighted by Gasteiger charge is 2.37. The molecule has 0 radical (unpaired) electrons. The van der Waals surface area contributed by atoms with Gasteiger partial charge in [-0.15, -0.1) is 0 Å². The Kier molecular flexibility index (Phi) is 29.3. The maximum Gasteiger partial charge on any atom is 0.328 e. The van der Waals surface area contributed by atoms with E-state index in [0.717, 1.165) is 32.1 Å². The van der Waals surface area contributed by atoms with Crippen LogP contribution in [0.1, 0.15) is 179 Å². The third-order valence-corrected chi connectivity index (χ3v) is 12.3. The highest BCUT2D eigenvalue weighted by atomic mass is 16.5. The molecular formula is C51H89N7O13. The number of carboxylic acid groups (broad SMARTS) is 2. The molecule has 20 heteroatoms. The number of aliphatic carboxylic acids is 2. The van der Waals surface area contributed by atoms with E-state index in [1.807, 2.05) is 13.8 Å². The van der Waals surface area contributed by atoms with Crippen molar-refractivity contribution >= 4 is 59.3 Å². The van der Waals surface area contributed by atoms with Crippen LogP contribution in [0.25, 0.3) is 0 Å². The Labute approximate surface area is 421 Å². The van der Waals surface area contributed by atoms with Crippen LogP contribution in [0.2, 0.25) is 0 Å². The van der Waals surface area contributed by atoms with Crippen molar-refractivity contribution < 1.29 is 62.9 Å². The molecule has 406 valence electrons. The molecular weight excluding hydrogens is 919 g/mol. The van der Waals surface area contributed by atoms with E-state index in [2.05, 4.69) is 51.1 Å². The number of carbonyl (C=O) groups is 10. The van der Waals surface area contributed by atoms with Gasteiger partial charge in [0.15, 0.2) is 0 Å². The fraction of sp³-hybridized carbons (Fsp3) is 0.804. The predicted octanol–water partition coefficient (Wildman–Crippen LogP) is 4.26. The first-order valence-electron chi connectivity index (χ1n) is 25.9. The number of amides is 7. The summed E-state index contributed by atoms with van der Waals surface area (Å²) >= 11 is 0. The van der Waals surface area contributed by atoms with Crippen molar-refractivity contribution in [2.75, 3.05) is 0 Å². The van der Waals surface area contributed by atoms with Crippen molar-refractivity contribution in [3.05, 3.63) is 0 Å². The number of cyclic esters (lactones) is 1. The van der Waals surface area contributed by atoms with Crippen LogP contribution in [0, 0.1) is 35.5 Å². The smallest absolute Gasteiger partial charge is 0.328 e. The highest BCUT2D eigenvalue weighted by molar-refractivity contribution is 5.98. The standard InChI is InChI=1S/C51H89N7O13/c1-13-33(12)18-16-14-15-17-19-34-26-41(59)52-35(20-21-42(60)61)45(64)53-36(22-28(2)3)46(65)55-38(24-30(6)7)49(68)58-44(32(10)11)50(69)56-39(27-43(62)63)48(67)54-37(23-29(4)5)47(66)57-40(25-31(8)9)51(70)71-34/h28-40,44H,13-27H2,1-12H3,(H,52,59)(H,53,64)(H,54,67)(H,55,65)(H,56,69)(H,57,66)(H,58,68)(H,60,61)(H,62,63)/t33?,34?,35-,36?,37+,38+,39?,40?,44-/m0/s1. The lowest BCUT2D eigenvalue weighted by Crippen LogP contribution is -2.61. The molecule has 7 amide bonds. The molecule has 71 heavy (non-hydrogen) atoms. The Hall–Kier alpha value is -5.30. The Morgan fingerprint density at radius 1 is 0.507 bits per heavy atom. The van der Waals surface area contributed by atoms with Crippen LogP contribution in [0.5, 0.6) is 0 Å². The number of esters is 1. The van der Waals surface area contributed by atoms with Gasteiger partial charge in [0.05, 0.1) is 12.8 Å². The molecule has 1 heterocycles. The van der Waals surface area contributed by atoms with Gasteiger partial charge in [-0.2, -0.15) is 0 Å². The zero-order valence-corrected chi connectivity index (χ0v) is 44.6. The summed E-state index contributed by atoms with van der Waals surface area (Å²) in [6.07, 6.45) is 2.56. The number of nitrogens with one attached hydrogen (secondary N) is 7. The van der Waals surface area contributed by atoms with E-state index in [1.165, 1.54) is 0 Å². The minimum Gasteiger partial charge on any atom is -0.481 e. The van der Waals surface area contributed by atoms with Gasteiger partial charge in [-0.25, -0.2) is 4.79 Å². The third kappa shape index (κ3) is 26.1. The lowest BCUT2D eigenvalue weighted by Gasteiger charge is -2.29. The monoisotopic (exact) mass is 1010 g/mol. The molecule has 1 fully saturated rings. The van der Waals surface area contributed by atoms with Gasteiger partial charge in [-0.3, -0.25) is 43.2 Å². The van der Waals surface area contributed by atoms with Crippen molar-refractivity contribution in [3.8, 4) is 0 Å². The molecule has 9 atom stereocenters. The van der Waals surface area contributed by atoms with Gasteiger partial charge < -0.3 is 52.2 Å². The fourth-order valence-electron chi connectivity index (χ4n) is 8.19. The molecule has 0 bridgehead atoms. The summed E-state index contributed by atoms with van der Waals surface area (Å²) < 4.78 is 6.02. The first kappa shape index (κ1) is 63.7. The van der Waals surface area contributed by atoms with Crippen LogP contribution in [0.4, 0.5) is 0 Å². The Morgan fingerprint density at radius 2 is 0.930 bits per heavy atom. The lowest BCUT2D eigenvalue weighted by atomic mass is 9.98. The van der Waals surface area contributed by atoms with Crippen molar-refractivity contribution in [2.24, 2.45) is 35.5 Å². The summed E-state index contributed by atoms with van der Waals surface area (Å²) in [7, 11) is 0. The quantitative estimate of drug-likeness (QED) is 0.0542. The summed E-state index contributed by atoms with van der Waals surface area (Å²) in [4.78, 5) is 136. The number of hydrogen-bond acceptors (Lipinski definition) is 11. The van der Waals surface area contributed by atoms with Crippen LogP contribution in [-0.4, -0.2) is 118 Å². The van der Waals surface area contributed by atoms with Gasteiger partial charge in [0, 0.05) is 6.42 Å². The molecule has 9 N–H and O–H groups in total. The second kappa shape index (κ2) is 32.6. The van der Waals surface area contributed by atoms with Crippen LogP contribution in [-0.2, 0) is 52.7 Å². The van der Waals surface area contributed by atoms with Gasteiger partial charge in [0.25, 0.3) is 0 Å². The molecule has 0 aromatic rings. The number of rotatable bonds is 22. The van der Waals surface area contributed by atoms with Gasteiger partial charge >= 0.3 is 17.9 Å². The van der Waals surface area contributed by atoms with Crippen LogP contribution in [0.3, 0.4) is 0 Å². The molecule has 1 saturated heterocycles. The van der Waals surface area contributed by atoms with Crippen molar-refractivity contribution in [1.29, 1.82) is 0 Å². The molecule has 5 unspecified atom stereocenters. The van der Waals surface area contributed by atoms with Crippen molar-refractivity contribution in [2.45, 2.75) is 228 Å². The molecule has 0 saturated carbocycles. The van der Waals surface area contributed by atoms with E-state index >= 15 is 0 Å². The number of ether oxygens (including phenoxy) is 1. The summed E-state index contributed by atoms with van der Waals surface area (Å²) in [5.74, 6) is -10.2. The average Bonchev–Trinajstić information content (AvgIpc) is 3.25. The maximum atomic E-state index is 14.2. The SMILES string of the molecule is CCC(C)CCCCCCC1CC(=O)N[C@@H](CCC(=O)O)C(=O)NC(CC(C)C)C(=O)N[C@H](CC(C)C)C(=O)N[C@@H](C(C)C)C(=O)NC(CC(=O)O)C(=O)N[C@H](CC(C)C)C(=O)NC(CC(C)C)C(=O)O1. The Morgan fingerprint density at radius 3 is 1.38 bits per heavy atom. The van der Waals surface area contributed by atoms with Gasteiger partial charge in [-0.1, -0.05) is 115 Å². The number of carboxylic acids is 2. The van der Waals surface area contributed by atoms with Gasteiger partial charge in [-0.05, 0) is 80.5 Å². The van der Waals surface area contributed by atoms with Crippen LogP contribution < -0.4 is 37.2 Å². The normalized spacial score (nSPS) is 24.7. The maximum absolute atomic E-state index is 14.2. The predicted molar refractivity (Wildman–Crippen MR) is 267 cm³/mol. The number of hydrogen-bond donors (Lipinski definition) is 9. The average molecular weight is 1010 g/mol. The highest BCUT2D eigenvalue weighted by Crippen LogP contribution is 2.19. The molecule has 0 aliphatic carbocycles. The number of carbonyl (C=O) groups excluding carboxylic acids is 8. The second-order valence-electron chi connectivity index (χ2n) is 21.5. The van der Waals surface area contributed by atoms with E-state index in [-0.39, 0.29) is 62.2 Å². The first-order valence-corrected chi connectivity index (χ1v) is 25.9. The minimum absolute atomic E-state index is 0.0386. The molecule has 0 spiro atoms. The summed E-state index contributed by atoms with van der Waals surface area (Å²) in [6.45, 7) is 21.9. The van der Waals surface area contributed by atoms with Crippen molar-refractivity contribution in [1.82, 2.24) is 37.2 Å². The Balaban J connectivity index is 4.01. The number of unbranched alkanes of at least 4 members (excludes halogenated alkanes) is 3. The largest absolute Gasteiger partial charge is 0.481 e.